The fourth-order valence-electron chi connectivity index (χ4n) is 3.55. The summed E-state index contributed by atoms with van der Waals surface area (Å²) in [4.78, 5) is 24.3. The average molecular weight is 456 g/mol. The van der Waals surface area contributed by atoms with E-state index < -0.39 is 11.9 Å². The van der Waals surface area contributed by atoms with Crippen molar-refractivity contribution in [3.05, 3.63) is 62.8 Å². The van der Waals surface area contributed by atoms with Crippen LogP contribution in [0.4, 0.5) is 4.39 Å². The first-order valence-electron chi connectivity index (χ1n) is 9.22. The lowest BCUT2D eigenvalue weighted by molar-refractivity contribution is -0.119. The van der Waals surface area contributed by atoms with Crippen molar-refractivity contribution >= 4 is 35.6 Å². The average Bonchev–Trinajstić information content (AvgIpc) is 3.00. The van der Waals surface area contributed by atoms with Gasteiger partial charge in [-0.25, -0.2) is 14.5 Å². The monoisotopic (exact) mass is 455 g/mol. The van der Waals surface area contributed by atoms with Crippen LogP contribution in [0.25, 0.3) is 0 Å². The number of hydrogen-bond acceptors (Lipinski definition) is 6. The predicted molar refractivity (Wildman–Crippen MR) is 112 cm³/mol. The van der Waals surface area contributed by atoms with Crippen LogP contribution < -0.4 is 16.3 Å². The van der Waals surface area contributed by atoms with E-state index in [0.29, 0.717) is 36.5 Å². The Hall–Kier alpha value is -2.33. The van der Waals surface area contributed by atoms with Gasteiger partial charge in [-0.15, -0.1) is 12.4 Å². The number of carbonyl (C=O) groups is 1. The molecule has 0 spiro atoms. The molecule has 2 aliphatic rings. The largest absolute Gasteiger partial charge is 0.372 e. The number of nitrogens with one attached hydrogen (secondary N) is 2. The number of hydrogen-bond donors (Lipinski definition) is 2. The summed E-state index contributed by atoms with van der Waals surface area (Å²) in [6.45, 7) is 1.92. The first-order valence-corrected chi connectivity index (χ1v) is 9.60. The van der Waals surface area contributed by atoms with E-state index in [1.165, 1.54) is 23.0 Å². The molecule has 1 aromatic carbocycles. The number of nitrogens with zero attached hydrogens (tertiary/aromatic N) is 3. The summed E-state index contributed by atoms with van der Waals surface area (Å²) in [7, 11) is 0. The van der Waals surface area contributed by atoms with Crippen LogP contribution in [0, 0.1) is 11.7 Å². The molecule has 1 amide bonds. The number of halogens is 3. The number of ether oxygens (including phenoxy) is 1. The molecule has 2 atom stereocenters. The van der Waals surface area contributed by atoms with E-state index >= 15 is 0 Å². The lowest BCUT2D eigenvalue weighted by Crippen LogP contribution is -2.35. The molecule has 3 heterocycles. The lowest BCUT2D eigenvalue weighted by atomic mass is 9.95. The first-order chi connectivity index (χ1) is 14.0. The topological polar surface area (TPSA) is 97.6 Å². The number of aromatic nitrogens is 2. The number of carbonyl (C=O) groups excluding carboxylic acids is 1. The zero-order chi connectivity index (χ0) is 20.4. The van der Waals surface area contributed by atoms with Crippen molar-refractivity contribution in [1.82, 2.24) is 20.5 Å². The van der Waals surface area contributed by atoms with E-state index in [2.05, 4.69) is 20.9 Å². The van der Waals surface area contributed by atoms with Gasteiger partial charge in [0.25, 0.3) is 5.56 Å². The quantitative estimate of drug-likeness (QED) is 0.730. The fraction of sp³-hybridized carbons (Fsp3) is 0.368. The molecule has 0 bridgehead atoms. The highest BCUT2D eigenvalue weighted by Crippen LogP contribution is 2.30. The minimum atomic E-state index is -0.516. The van der Waals surface area contributed by atoms with Gasteiger partial charge >= 0.3 is 0 Å². The minimum absolute atomic E-state index is 0. The van der Waals surface area contributed by atoms with Gasteiger partial charge in [0.2, 0.25) is 5.91 Å². The van der Waals surface area contributed by atoms with Gasteiger partial charge < -0.3 is 10.1 Å². The molecule has 2 N–H and O–H groups in total. The summed E-state index contributed by atoms with van der Waals surface area (Å²) < 4.78 is 21.3. The molecule has 0 saturated carbocycles. The Kier molecular flexibility index (Phi) is 7.19. The molecular weight excluding hydrogens is 436 g/mol. The van der Waals surface area contributed by atoms with Gasteiger partial charge in [0.15, 0.2) is 0 Å². The molecule has 4 rings (SSSR count). The maximum Gasteiger partial charge on any atom is 0.275 e. The van der Waals surface area contributed by atoms with Gasteiger partial charge in [0.1, 0.15) is 5.82 Å². The van der Waals surface area contributed by atoms with Crippen LogP contribution in [0.2, 0.25) is 5.02 Å². The molecule has 1 saturated heterocycles. The van der Waals surface area contributed by atoms with Crippen molar-refractivity contribution in [2.75, 3.05) is 19.7 Å². The van der Waals surface area contributed by atoms with Gasteiger partial charge in [0, 0.05) is 25.2 Å². The number of benzene rings is 1. The second-order valence-corrected chi connectivity index (χ2v) is 7.34. The molecule has 1 fully saturated rings. The van der Waals surface area contributed by atoms with Gasteiger partial charge in [0.05, 0.1) is 42.0 Å². The number of hydrazone groups is 1. The van der Waals surface area contributed by atoms with Crippen LogP contribution in [0.5, 0.6) is 0 Å². The number of amides is 1. The fourth-order valence-corrected chi connectivity index (χ4v) is 3.66. The Morgan fingerprint density at radius 1 is 1.30 bits per heavy atom. The van der Waals surface area contributed by atoms with Crippen molar-refractivity contribution in [2.45, 2.75) is 19.1 Å². The summed E-state index contributed by atoms with van der Waals surface area (Å²) in [6, 6.07) is 6.14. The van der Waals surface area contributed by atoms with Gasteiger partial charge in [-0.05, 0) is 23.8 Å². The molecule has 8 nitrogen and oxygen atoms in total. The van der Waals surface area contributed by atoms with E-state index in [9.17, 15) is 14.0 Å². The third kappa shape index (κ3) is 4.70. The standard InChI is InChI=1S/C19H19ClFN5O3.ClH/c20-14-2-1-11(7-15(14)21)18-12(9-22-5-6-29-18)10-26-19(28)13(3-4-23-26)16-8-17(27)25-24-16;/h1-4,7,12,18,22H,5-6,8-10H2,(H,25,27);1H/t12-,18-;/m0./s1. The molecule has 0 unspecified atom stereocenters. The van der Waals surface area contributed by atoms with Crippen LogP contribution >= 0.6 is 24.0 Å². The second-order valence-electron chi connectivity index (χ2n) is 6.93. The summed E-state index contributed by atoms with van der Waals surface area (Å²) >= 11 is 5.80. The van der Waals surface area contributed by atoms with Gasteiger partial charge in [-0.2, -0.15) is 10.2 Å². The van der Waals surface area contributed by atoms with Gasteiger partial charge in [-0.3, -0.25) is 9.59 Å². The van der Waals surface area contributed by atoms with Crippen molar-refractivity contribution in [1.29, 1.82) is 0 Å². The molecule has 2 aromatic rings. The molecule has 2 aliphatic heterocycles. The van der Waals surface area contributed by atoms with Crippen LogP contribution in [0.15, 0.2) is 40.4 Å². The van der Waals surface area contributed by atoms with Crippen molar-refractivity contribution in [3.8, 4) is 0 Å². The van der Waals surface area contributed by atoms with E-state index in [4.69, 9.17) is 16.3 Å². The summed E-state index contributed by atoms with van der Waals surface area (Å²) in [5.74, 6) is -0.949. The maximum absolute atomic E-state index is 14.0. The molecule has 30 heavy (non-hydrogen) atoms. The third-order valence-corrected chi connectivity index (χ3v) is 5.26. The Morgan fingerprint density at radius 3 is 2.87 bits per heavy atom. The van der Waals surface area contributed by atoms with Crippen molar-refractivity contribution in [3.63, 3.8) is 0 Å². The molecular formula is C19H20Cl2FN5O3. The van der Waals surface area contributed by atoms with Crippen LogP contribution in [0.1, 0.15) is 23.7 Å². The SMILES string of the molecule is Cl.O=C1CC(c2ccnn(C[C@@H]3CNCCO[C@H]3c3ccc(Cl)c(F)c3)c2=O)=NN1. The maximum atomic E-state index is 14.0. The summed E-state index contributed by atoms with van der Waals surface area (Å²) in [5, 5.41) is 11.4. The highest BCUT2D eigenvalue weighted by molar-refractivity contribution is 6.30. The minimum Gasteiger partial charge on any atom is -0.372 e. The van der Waals surface area contributed by atoms with Gasteiger partial charge in [-0.1, -0.05) is 17.7 Å². The summed E-state index contributed by atoms with van der Waals surface area (Å²) in [6.07, 6.45) is 1.13. The second kappa shape index (κ2) is 9.65. The van der Waals surface area contributed by atoms with E-state index in [0.717, 1.165) is 0 Å². The molecule has 11 heteroatoms. The molecule has 160 valence electrons. The Balaban J connectivity index is 0.00000256. The molecule has 0 radical (unpaired) electrons. The van der Waals surface area contributed by atoms with Crippen molar-refractivity contribution in [2.24, 2.45) is 11.0 Å². The smallest absolute Gasteiger partial charge is 0.275 e. The van der Waals surface area contributed by atoms with Crippen LogP contribution in [0.3, 0.4) is 0 Å². The summed E-state index contributed by atoms with van der Waals surface area (Å²) in [5.41, 5.74) is 3.38. The Bertz CT molecular complexity index is 1030. The van der Waals surface area contributed by atoms with Crippen LogP contribution in [-0.4, -0.2) is 41.1 Å². The van der Waals surface area contributed by atoms with Crippen LogP contribution in [-0.2, 0) is 16.1 Å². The zero-order valence-electron chi connectivity index (χ0n) is 15.8. The highest BCUT2D eigenvalue weighted by Gasteiger charge is 2.28. The molecule has 1 aromatic heterocycles. The zero-order valence-corrected chi connectivity index (χ0v) is 17.4. The first kappa shape index (κ1) is 22.4. The van der Waals surface area contributed by atoms with Crippen molar-refractivity contribution < 1.29 is 13.9 Å². The van der Waals surface area contributed by atoms with E-state index in [-0.39, 0.29) is 47.8 Å². The third-order valence-electron chi connectivity index (χ3n) is 4.96. The lowest BCUT2D eigenvalue weighted by Gasteiger charge is -2.25. The van der Waals surface area contributed by atoms with E-state index in [1.54, 1.807) is 12.1 Å². The predicted octanol–water partition coefficient (Wildman–Crippen LogP) is 1.66. The molecule has 0 aliphatic carbocycles. The Morgan fingerprint density at radius 2 is 2.13 bits per heavy atom. The highest BCUT2D eigenvalue weighted by atomic mass is 35.5. The number of rotatable bonds is 4. The van der Waals surface area contributed by atoms with E-state index in [1.807, 2.05) is 0 Å². The Labute approximate surface area is 182 Å². The normalized spacial score (nSPS) is 21.4.